The van der Waals surface area contributed by atoms with E-state index in [0.29, 0.717) is 24.9 Å². The third-order valence-corrected chi connectivity index (χ3v) is 16.0. The first kappa shape index (κ1) is 48.8. The number of piperidine rings is 2. The van der Waals surface area contributed by atoms with E-state index >= 15 is 0 Å². The highest BCUT2D eigenvalue weighted by Gasteiger charge is 2.43. The lowest BCUT2D eigenvalue weighted by Crippen LogP contribution is -2.41. The summed E-state index contributed by atoms with van der Waals surface area (Å²) in [5, 5.41) is 6.54. The van der Waals surface area contributed by atoms with Crippen LogP contribution in [0.4, 0.5) is 4.79 Å². The van der Waals surface area contributed by atoms with Gasteiger partial charge in [-0.2, -0.15) is 0 Å². The van der Waals surface area contributed by atoms with Gasteiger partial charge in [-0.25, -0.2) is 44.7 Å². The molecule has 4 aliphatic rings. The van der Waals surface area contributed by atoms with Crippen molar-refractivity contribution in [2.24, 2.45) is 0 Å². The summed E-state index contributed by atoms with van der Waals surface area (Å²) >= 11 is 3.42. The molecule has 0 atom stereocenters. The van der Waals surface area contributed by atoms with Gasteiger partial charge in [0.05, 0.1) is 50.5 Å². The maximum atomic E-state index is 13.0. The summed E-state index contributed by atoms with van der Waals surface area (Å²) in [5.74, 6) is 2.62. The van der Waals surface area contributed by atoms with E-state index in [4.69, 9.17) is 34.6 Å². The Kier molecular flexibility index (Phi) is 13.1. The first-order valence-electron chi connectivity index (χ1n) is 24.8. The van der Waals surface area contributed by atoms with Crippen LogP contribution in [0.2, 0.25) is 0 Å². The smallest absolute Gasteiger partial charge is 0.410 e. The van der Waals surface area contributed by atoms with Crippen LogP contribution in [-0.2, 0) is 37.7 Å². The van der Waals surface area contributed by atoms with Crippen LogP contribution in [0, 0.1) is 0 Å². The zero-order valence-corrected chi connectivity index (χ0v) is 44.1. The van der Waals surface area contributed by atoms with E-state index in [9.17, 15) is 9.59 Å². The van der Waals surface area contributed by atoms with Gasteiger partial charge in [-0.3, -0.25) is 4.79 Å². The van der Waals surface area contributed by atoms with Crippen molar-refractivity contribution in [3.8, 4) is 22.8 Å². The second kappa shape index (κ2) is 18.5. The van der Waals surface area contributed by atoms with Gasteiger partial charge in [-0.05, 0) is 96.4 Å². The lowest BCUT2D eigenvalue weighted by molar-refractivity contribution is -0.132. The van der Waals surface area contributed by atoms with E-state index in [-0.39, 0.29) is 40.2 Å². The molecule has 8 heterocycles. The summed E-state index contributed by atoms with van der Waals surface area (Å²) in [7, 11) is 0. The molecule has 366 valence electrons. The van der Waals surface area contributed by atoms with Gasteiger partial charge in [-0.1, -0.05) is 55.4 Å². The molecule has 69 heavy (non-hydrogen) atoms. The standard InChI is InChI=1S/C28H33N7OS.C25H36N4O2S/c1-27(2,3)26-32-20(14-22(33-26)28(4)9-10-28)21-16-37-25(31-21)18-7-12-34(13-8-18)23(36)15-35-17-30-19-6-5-11-29-24(19)35;1-23(2,3)21-27-17(14-19(28-21)25(7)10-11-25)18-15-32-20(26-18)16-8-12-29(13-9-16)22(30)31-24(4,5)6/h5-6,11,14,16-18H,7-10,12-13,15H2,1-4H3;14-16H,8-13H2,1-7H3. The molecule has 2 amide bonds. The predicted octanol–water partition coefficient (Wildman–Crippen LogP) is 11.2. The molecule has 0 bridgehead atoms. The number of imidazole rings is 1. The number of amides is 2. The average molecular weight is 972 g/mol. The quantitative estimate of drug-likeness (QED) is 0.143. The van der Waals surface area contributed by atoms with Gasteiger partial charge >= 0.3 is 6.09 Å². The third kappa shape index (κ3) is 11.2. The van der Waals surface area contributed by atoms with E-state index in [1.54, 1.807) is 35.2 Å². The SMILES string of the molecule is CC(C)(C)OC(=O)N1CCC(c2nc(-c3cc(C4(C)CC4)nc(C(C)(C)C)n3)cs2)CC1.CC(C)(C)c1nc(-c2csc(C3CCN(C(=O)Cn4cnc5cccnc54)CC3)n2)cc(C2(C)CC2)n1. The number of carbonyl (C=O) groups is 2. The highest BCUT2D eigenvalue weighted by Crippen LogP contribution is 2.49. The molecule has 6 aromatic rings. The van der Waals surface area contributed by atoms with E-state index in [2.05, 4.69) is 88.3 Å². The number of fused-ring (bicyclic) bond motifs is 1. The van der Waals surface area contributed by atoms with E-state index in [0.717, 1.165) is 106 Å². The number of ether oxygens (including phenoxy) is 1. The number of hydrogen-bond donors (Lipinski definition) is 0. The summed E-state index contributed by atoms with van der Waals surface area (Å²) < 4.78 is 7.36. The highest BCUT2D eigenvalue weighted by atomic mass is 32.1. The maximum absolute atomic E-state index is 13.0. The molecule has 0 spiro atoms. The van der Waals surface area contributed by atoms with Crippen molar-refractivity contribution in [3.63, 3.8) is 0 Å². The molecule has 0 N–H and O–H groups in total. The zero-order chi connectivity index (χ0) is 49.1. The monoisotopic (exact) mass is 972 g/mol. The van der Waals surface area contributed by atoms with Gasteiger partial charge in [0.25, 0.3) is 0 Å². The number of likely N-dealkylation sites (tertiary alicyclic amines) is 2. The Morgan fingerprint density at radius 1 is 0.652 bits per heavy atom. The molecule has 2 saturated carbocycles. The summed E-state index contributed by atoms with van der Waals surface area (Å²) in [6.45, 7) is 26.4. The second-order valence-corrected chi connectivity index (χ2v) is 25.1. The normalized spacial score (nSPS) is 18.5. The first-order valence-corrected chi connectivity index (χ1v) is 26.5. The molecule has 14 nitrogen and oxygen atoms in total. The number of hydrogen-bond acceptors (Lipinski definition) is 13. The van der Waals surface area contributed by atoms with E-state index in [1.165, 1.54) is 25.7 Å². The molecule has 2 aliphatic heterocycles. The molecule has 2 aliphatic carbocycles. The molecule has 0 unspecified atom stereocenters. The van der Waals surface area contributed by atoms with Crippen LogP contribution in [-0.4, -0.2) is 98.0 Å². The van der Waals surface area contributed by atoms with Crippen molar-refractivity contribution in [2.45, 2.75) is 173 Å². The molecule has 2 saturated heterocycles. The Hall–Kier alpha value is -5.22. The van der Waals surface area contributed by atoms with Gasteiger partial charge in [0.1, 0.15) is 29.3 Å². The minimum absolute atomic E-state index is 0.108. The van der Waals surface area contributed by atoms with Crippen LogP contribution in [0.3, 0.4) is 0 Å². The third-order valence-electron chi connectivity index (χ3n) is 14.0. The lowest BCUT2D eigenvalue weighted by atomic mass is 9.94. The largest absolute Gasteiger partial charge is 0.444 e. The number of pyridine rings is 1. The van der Waals surface area contributed by atoms with Crippen molar-refractivity contribution in [1.29, 1.82) is 0 Å². The maximum Gasteiger partial charge on any atom is 0.410 e. The Morgan fingerprint density at radius 3 is 1.58 bits per heavy atom. The number of aromatic nitrogens is 9. The Labute approximate surface area is 415 Å². The number of nitrogens with zero attached hydrogens (tertiary/aromatic N) is 11. The molecule has 4 fully saturated rings. The van der Waals surface area contributed by atoms with Crippen LogP contribution in [0.5, 0.6) is 0 Å². The fourth-order valence-electron chi connectivity index (χ4n) is 8.79. The van der Waals surface area contributed by atoms with Crippen LogP contribution in [0.15, 0.2) is 47.5 Å². The summed E-state index contributed by atoms with van der Waals surface area (Å²) in [6, 6.07) is 8.07. The van der Waals surface area contributed by atoms with Crippen LogP contribution in [0.25, 0.3) is 33.9 Å². The average Bonchev–Trinajstić information content (AvgIpc) is 3.98. The topological polar surface area (TPSA) is 158 Å². The number of rotatable bonds is 8. The Balaban J connectivity index is 0.000000174. The van der Waals surface area contributed by atoms with Crippen molar-refractivity contribution in [1.82, 2.24) is 54.2 Å². The fraction of sp³-hybridized carbons (Fsp3) is 0.585. The van der Waals surface area contributed by atoms with Crippen LogP contribution < -0.4 is 0 Å². The van der Waals surface area contributed by atoms with Crippen molar-refractivity contribution >= 4 is 45.8 Å². The molecular formula is C53H69N11O3S2. The Bertz CT molecular complexity index is 2780. The minimum atomic E-state index is -0.460. The number of thiazole rings is 2. The summed E-state index contributed by atoms with van der Waals surface area (Å²) in [4.78, 5) is 67.6. The van der Waals surface area contributed by atoms with E-state index < -0.39 is 5.60 Å². The summed E-state index contributed by atoms with van der Waals surface area (Å²) in [5.41, 5.74) is 7.27. The molecule has 0 aromatic carbocycles. The van der Waals surface area contributed by atoms with E-state index in [1.807, 2.05) is 47.3 Å². The van der Waals surface area contributed by atoms with Crippen LogP contribution >= 0.6 is 22.7 Å². The van der Waals surface area contributed by atoms with Crippen molar-refractivity contribution in [2.75, 3.05) is 26.2 Å². The second-order valence-electron chi connectivity index (χ2n) is 23.3. The minimum Gasteiger partial charge on any atom is -0.444 e. The fourth-order valence-corrected chi connectivity index (χ4v) is 10.8. The van der Waals surface area contributed by atoms with Gasteiger partial charge in [0, 0.05) is 76.6 Å². The number of carbonyl (C=O) groups excluding carboxylic acids is 2. The summed E-state index contributed by atoms with van der Waals surface area (Å²) in [6.07, 6.45) is 11.6. The molecule has 10 rings (SSSR count). The highest BCUT2D eigenvalue weighted by molar-refractivity contribution is 7.10. The predicted molar refractivity (Wildman–Crippen MR) is 273 cm³/mol. The van der Waals surface area contributed by atoms with Gasteiger partial charge in [0.15, 0.2) is 5.65 Å². The zero-order valence-electron chi connectivity index (χ0n) is 42.4. The molecule has 6 aromatic heterocycles. The van der Waals surface area contributed by atoms with Crippen LogP contribution in [0.1, 0.15) is 172 Å². The first-order chi connectivity index (χ1) is 32.5. The Morgan fingerprint density at radius 2 is 1.13 bits per heavy atom. The lowest BCUT2D eigenvalue weighted by Gasteiger charge is -2.32. The molecule has 16 heteroatoms. The molecular weight excluding hydrogens is 903 g/mol. The van der Waals surface area contributed by atoms with Gasteiger partial charge < -0.3 is 19.1 Å². The molecule has 0 radical (unpaired) electrons. The van der Waals surface area contributed by atoms with Crippen molar-refractivity contribution in [3.05, 3.63) is 80.6 Å². The van der Waals surface area contributed by atoms with Gasteiger partial charge in [0.2, 0.25) is 5.91 Å². The van der Waals surface area contributed by atoms with Crippen molar-refractivity contribution < 1.29 is 14.3 Å². The van der Waals surface area contributed by atoms with Gasteiger partial charge in [-0.15, -0.1) is 22.7 Å².